The summed E-state index contributed by atoms with van der Waals surface area (Å²) in [6, 6.07) is 17.0. The highest BCUT2D eigenvalue weighted by Crippen LogP contribution is 2.34. The number of benzene rings is 3. The average Bonchev–Trinajstić information content (AvgIpc) is 2.75. The second kappa shape index (κ2) is 9.09. The summed E-state index contributed by atoms with van der Waals surface area (Å²) in [5.41, 5.74) is 3.96. The maximum Gasteiger partial charge on any atom is 0.270 e. The fraction of sp³-hybridized carbons (Fsp3) is 0.174. The standard InChI is InChI=1S/C23H22N2O5/c1-15-5-4-6-21(16(15)2)24-23(26)14-30-22-12-9-18(25(27)28)13-20(22)17-7-10-19(29-3)11-8-17/h4-13H,14H2,1-3H3,(H,24,26). The minimum Gasteiger partial charge on any atom is -0.497 e. The number of ether oxygens (including phenoxy) is 2. The molecule has 0 heterocycles. The van der Waals surface area contributed by atoms with E-state index in [4.69, 9.17) is 9.47 Å². The molecular formula is C23H22N2O5. The summed E-state index contributed by atoms with van der Waals surface area (Å²) >= 11 is 0. The zero-order chi connectivity index (χ0) is 21.7. The van der Waals surface area contributed by atoms with Gasteiger partial charge in [-0.25, -0.2) is 0 Å². The molecule has 154 valence electrons. The van der Waals surface area contributed by atoms with Crippen LogP contribution in [-0.4, -0.2) is 24.5 Å². The van der Waals surface area contributed by atoms with E-state index in [0.29, 0.717) is 22.6 Å². The van der Waals surface area contributed by atoms with Crippen LogP contribution in [0.5, 0.6) is 11.5 Å². The Morgan fingerprint density at radius 2 is 1.80 bits per heavy atom. The molecule has 0 unspecified atom stereocenters. The third-order valence-electron chi connectivity index (χ3n) is 4.81. The van der Waals surface area contributed by atoms with Crippen LogP contribution in [0.25, 0.3) is 11.1 Å². The van der Waals surface area contributed by atoms with Crippen LogP contribution in [-0.2, 0) is 4.79 Å². The van der Waals surface area contributed by atoms with Crippen LogP contribution in [0, 0.1) is 24.0 Å². The van der Waals surface area contributed by atoms with Crippen LogP contribution in [0.15, 0.2) is 60.7 Å². The first kappa shape index (κ1) is 20.9. The van der Waals surface area contributed by atoms with Crippen molar-refractivity contribution >= 4 is 17.3 Å². The van der Waals surface area contributed by atoms with Crippen LogP contribution in [0.2, 0.25) is 0 Å². The van der Waals surface area contributed by atoms with Gasteiger partial charge in [0.15, 0.2) is 6.61 Å². The zero-order valence-corrected chi connectivity index (χ0v) is 17.0. The van der Waals surface area contributed by atoms with Crippen molar-refractivity contribution in [2.75, 3.05) is 19.0 Å². The lowest BCUT2D eigenvalue weighted by atomic mass is 10.0. The van der Waals surface area contributed by atoms with Crippen LogP contribution in [0.4, 0.5) is 11.4 Å². The molecule has 0 saturated heterocycles. The van der Waals surface area contributed by atoms with Crippen LogP contribution < -0.4 is 14.8 Å². The summed E-state index contributed by atoms with van der Waals surface area (Å²) in [6.07, 6.45) is 0. The quantitative estimate of drug-likeness (QED) is 0.445. The zero-order valence-electron chi connectivity index (χ0n) is 17.0. The highest BCUT2D eigenvalue weighted by Gasteiger charge is 2.15. The van der Waals surface area contributed by atoms with Gasteiger partial charge in [0, 0.05) is 23.4 Å². The second-order valence-electron chi connectivity index (χ2n) is 6.75. The summed E-state index contributed by atoms with van der Waals surface area (Å²) in [4.78, 5) is 23.1. The van der Waals surface area contributed by atoms with E-state index in [9.17, 15) is 14.9 Å². The number of methoxy groups -OCH3 is 1. The smallest absolute Gasteiger partial charge is 0.270 e. The molecule has 0 spiro atoms. The number of rotatable bonds is 7. The van der Waals surface area contributed by atoms with E-state index in [2.05, 4.69) is 5.32 Å². The summed E-state index contributed by atoms with van der Waals surface area (Å²) in [7, 11) is 1.56. The monoisotopic (exact) mass is 406 g/mol. The lowest BCUT2D eigenvalue weighted by Gasteiger charge is -2.13. The largest absolute Gasteiger partial charge is 0.497 e. The van der Waals surface area contributed by atoms with Gasteiger partial charge >= 0.3 is 0 Å². The molecular weight excluding hydrogens is 384 g/mol. The van der Waals surface area contributed by atoms with E-state index in [0.717, 1.165) is 16.8 Å². The molecule has 30 heavy (non-hydrogen) atoms. The predicted molar refractivity (Wildman–Crippen MR) is 115 cm³/mol. The van der Waals surface area contributed by atoms with E-state index in [1.807, 2.05) is 32.0 Å². The Morgan fingerprint density at radius 3 is 2.47 bits per heavy atom. The highest BCUT2D eigenvalue weighted by atomic mass is 16.6. The van der Waals surface area contributed by atoms with Gasteiger partial charge in [0.05, 0.1) is 12.0 Å². The topological polar surface area (TPSA) is 90.7 Å². The second-order valence-corrected chi connectivity index (χ2v) is 6.75. The Labute approximate surface area is 174 Å². The van der Waals surface area contributed by atoms with Crippen LogP contribution in [0.1, 0.15) is 11.1 Å². The number of nitrogens with one attached hydrogen (secondary N) is 1. The number of amides is 1. The van der Waals surface area contributed by atoms with Crippen molar-refractivity contribution in [2.24, 2.45) is 0 Å². The predicted octanol–water partition coefficient (Wildman–Crippen LogP) is 4.90. The van der Waals surface area contributed by atoms with Gasteiger partial charge in [0.25, 0.3) is 11.6 Å². The number of nitrogens with zero attached hydrogens (tertiary/aromatic N) is 1. The first-order valence-electron chi connectivity index (χ1n) is 9.31. The summed E-state index contributed by atoms with van der Waals surface area (Å²) in [5, 5.41) is 14.0. The molecule has 3 rings (SSSR count). The summed E-state index contributed by atoms with van der Waals surface area (Å²) < 4.78 is 10.9. The van der Waals surface area contributed by atoms with Gasteiger partial charge in [-0.15, -0.1) is 0 Å². The van der Waals surface area contributed by atoms with Gasteiger partial charge in [-0.1, -0.05) is 24.3 Å². The lowest BCUT2D eigenvalue weighted by molar-refractivity contribution is -0.384. The molecule has 0 aromatic heterocycles. The number of aryl methyl sites for hydroxylation is 1. The van der Waals surface area contributed by atoms with E-state index < -0.39 is 4.92 Å². The number of hydrogen-bond donors (Lipinski definition) is 1. The van der Waals surface area contributed by atoms with Crippen LogP contribution >= 0.6 is 0 Å². The number of nitro groups is 1. The molecule has 0 aliphatic heterocycles. The van der Waals surface area contributed by atoms with Crippen molar-refractivity contribution in [3.63, 3.8) is 0 Å². The minimum absolute atomic E-state index is 0.0620. The number of anilines is 1. The molecule has 7 nitrogen and oxygen atoms in total. The molecule has 7 heteroatoms. The number of non-ortho nitro benzene ring substituents is 1. The van der Waals surface area contributed by atoms with Gasteiger partial charge in [-0.3, -0.25) is 14.9 Å². The molecule has 3 aromatic carbocycles. The molecule has 0 atom stereocenters. The maximum absolute atomic E-state index is 12.4. The van der Waals surface area contributed by atoms with Crippen molar-refractivity contribution in [3.8, 4) is 22.6 Å². The summed E-state index contributed by atoms with van der Waals surface area (Å²) in [5.74, 6) is 0.726. The van der Waals surface area contributed by atoms with E-state index >= 15 is 0 Å². The van der Waals surface area contributed by atoms with Crippen molar-refractivity contribution in [1.29, 1.82) is 0 Å². The molecule has 3 aromatic rings. The third kappa shape index (κ3) is 4.75. The first-order chi connectivity index (χ1) is 14.4. The van der Waals surface area contributed by atoms with Crippen molar-refractivity contribution in [2.45, 2.75) is 13.8 Å². The fourth-order valence-electron chi connectivity index (χ4n) is 2.97. The lowest BCUT2D eigenvalue weighted by Crippen LogP contribution is -2.21. The minimum atomic E-state index is -0.468. The molecule has 0 aliphatic rings. The number of hydrogen-bond acceptors (Lipinski definition) is 5. The Bertz CT molecular complexity index is 1080. The molecule has 1 amide bonds. The van der Waals surface area contributed by atoms with Crippen molar-refractivity contribution in [1.82, 2.24) is 0 Å². The van der Waals surface area contributed by atoms with E-state index in [-0.39, 0.29) is 18.2 Å². The number of nitro benzene ring substituents is 1. The first-order valence-corrected chi connectivity index (χ1v) is 9.31. The third-order valence-corrected chi connectivity index (χ3v) is 4.81. The Balaban J connectivity index is 1.81. The van der Waals surface area contributed by atoms with Crippen molar-refractivity contribution < 1.29 is 19.2 Å². The maximum atomic E-state index is 12.4. The van der Waals surface area contributed by atoms with E-state index in [1.165, 1.54) is 18.2 Å². The normalized spacial score (nSPS) is 10.4. The van der Waals surface area contributed by atoms with Crippen molar-refractivity contribution in [3.05, 3.63) is 81.9 Å². The fourth-order valence-corrected chi connectivity index (χ4v) is 2.97. The Hall–Kier alpha value is -3.87. The number of carbonyl (C=O) groups is 1. The van der Waals surface area contributed by atoms with Gasteiger partial charge in [-0.05, 0) is 54.8 Å². The molecule has 0 saturated carbocycles. The molecule has 0 aliphatic carbocycles. The summed E-state index contributed by atoms with van der Waals surface area (Å²) in [6.45, 7) is 3.68. The molecule has 0 bridgehead atoms. The Kier molecular flexibility index (Phi) is 6.32. The van der Waals surface area contributed by atoms with Gasteiger partial charge < -0.3 is 14.8 Å². The van der Waals surface area contributed by atoms with Gasteiger partial charge in [0.1, 0.15) is 11.5 Å². The Morgan fingerprint density at radius 1 is 1.07 bits per heavy atom. The van der Waals surface area contributed by atoms with Gasteiger partial charge in [0.2, 0.25) is 0 Å². The van der Waals surface area contributed by atoms with Gasteiger partial charge in [-0.2, -0.15) is 0 Å². The number of carbonyl (C=O) groups excluding carboxylic acids is 1. The average molecular weight is 406 g/mol. The SMILES string of the molecule is COc1ccc(-c2cc([N+](=O)[O-])ccc2OCC(=O)Nc2cccc(C)c2C)cc1. The highest BCUT2D eigenvalue weighted by molar-refractivity contribution is 5.93. The van der Waals surface area contributed by atoms with Crippen LogP contribution in [0.3, 0.4) is 0 Å². The van der Waals surface area contributed by atoms with E-state index in [1.54, 1.807) is 31.4 Å². The molecule has 0 radical (unpaired) electrons. The molecule has 1 N–H and O–H groups in total. The molecule has 0 fully saturated rings.